The zero-order chi connectivity index (χ0) is 38.3. The van der Waals surface area contributed by atoms with Gasteiger partial charge in [0.25, 0.3) is 5.91 Å². The predicted molar refractivity (Wildman–Crippen MR) is 202 cm³/mol. The molecule has 1 aliphatic heterocycles. The molecule has 1 fully saturated rings. The summed E-state index contributed by atoms with van der Waals surface area (Å²) in [5.74, 6) is -3.11. The van der Waals surface area contributed by atoms with Crippen LogP contribution in [0.1, 0.15) is 90.4 Å². The minimum absolute atomic E-state index is 0.0828. The van der Waals surface area contributed by atoms with Crippen LogP contribution in [-0.2, 0) is 19.1 Å². The molecular formula is C42H57N3O7. The van der Waals surface area contributed by atoms with Gasteiger partial charge in [-0.2, -0.15) is 0 Å². The van der Waals surface area contributed by atoms with Gasteiger partial charge in [0.2, 0.25) is 0 Å². The van der Waals surface area contributed by atoms with Crippen molar-refractivity contribution in [3.63, 3.8) is 0 Å². The van der Waals surface area contributed by atoms with Gasteiger partial charge < -0.3 is 26.2 Å². The van der Waals surface area contributed by atoms with Gasteiger partial charge in [0.05, 0.1) is 24.7 Å². The summed E-state index contributed by atoms with van der Waals surface area (Å²) in [6.07, 6.45) is 5.57. The van der Waals surface area contributed by atoms with E-state index in [0.717, 1.165) is 10.8 Å². The van der Waals surface area contributed by atoms with Crippen molar-refractivity contribution in [2.45, 2.75) is 104 Å². The van der Waals surface area contributed by atoms with E-state index >= 15 is 0 Å². The van der Waals surface area contributed by atoms with Crippen LogP contribution in [0, 0.1) is 35.5 Å². The molecule has 10 heteroatoms. The van der Waals surface area contributed by atoms with Crippen LogP contribution in [0.3, 0.4) is 0 Å². The van der Waals surface area contributed by atoms with Gasteiger partial charge in [-0.1, -0.05) is 102 Å². The van der Waals surface area contributed by atoms with Gasteiger partial charge in [-0.15, -0.1) is 0 Å². The average Bonchev–Trinajstić information content (AvgIpc) is 3.12. The van der Waals surface area contributed by atoms with Crippen molar-refractivity contribution in [3.8, 4) is 0 Å². The van der Waals surface area contributed by atoms with E-state index < -0.39 is 48.8 Å². The maximum atomic E-state index is 14.4. The summed E-state index contributed by atoms with van der Waals surface area (Å²) < 4.78 is 5.67. The monoisotopic (exact) mass is 715 g/mol. The number of aliphatic hydroxyl groups is 1. The Balaban J connectivity index is 1.80. The molecule has 1 heterocycles. The molecule has 2 amide bonds. The molecule has 4 unspecified atom stereocenters. The van der Waals surface area contributed by atoms with Crippen LogP contribution in [0.25, 0.3) is 10.8 Å². The maximum Gasteiger partial charge on any atom is 0.404 e. The SMILES string of the molecule is CC[C@H]1C[C@H](C)CC2C(=O)C(CC(=O)C2N)N(CC(=O)c2cccc3ccccc23)C(=O)/C(C)=C/C=C\[C@H](CC)[C@@H](OC(N)=O)C(C)C[C@H](C)[C@H]1O. The molecule has 5 N–H and O–H groups in total. The van der Waals surface area contributed by atoms with Crippen molar-refractivity contribution in [1.29, 1.82) is 0 Å². The summed E-state index contributed by atoms with van der Waals surface area (Å²) in [4.78, 5) is 69.6. The molecule has 2 aromatic carbocycles. The van der Waals surface area contributed by atoms with Crippen LogP contribution >= 0.6 is 0 Å². The highest BCUT2D eigenvalue weighted by Gasteiger charge is 2.46. The molecule has 52 heavy (non-hydrogen) atoms. The lowest BCUT2D eigenvalue weighted by Gasteiger charge is -2.39. The van der Waals surface area contributed by atoms with Crippen LogP contribution < -0.4 is 11.5 Å². The van der Waals surface area contributed by atoms with Crippen molar-refractivity contribution in [3.05, 3.63) is 71.8 Å². The molecule has 1 aliphatic carbocycles. The van der Waals surface area contributed by atoms with Crippen molar-refractivity contribution >= 4 is 40.1 Å². The number of hydrogen-bond donors (Lipinski definition) is 3. The number of hydrogen-bond acceptors (Lipinski definition) is 8. The summed E-state index contributed by atoms with van der Waals surface area (Å²) in [5, 5.41) is 13.2. The first-order valence-electron chi connectivity index (χ1n) is 18.8. The van der Waals surface area contributed by atoms with Crippen molar-refractivity contribution in [1.82, 2.24) is 4.90 Å². The third-order valence-electron chi connectivity index (χ3n) is 11.4. The number of carbonyl (C=O) groups excluding carboxylic acids is 5. The summed E-state index contributed by atoms with van der Waals surface area (Å²) in [7, 11) is 0. The van der Waals surface area contributed by atoms with E-state index in [4.69, 9.17) is 16.2 Å². The van der Waals surface area contributed by atoms with Gasteiger partial charge >= 0.3 is 6.09 Å². The number of Topliss-reactive ketones (excluding diaryl/α,β-unsaturated/α-hetero) is 3. The van der Waals surface area contributed by atoms with Gasteiger partial charge in [0.1, 0.15) is 6.10 Å². The summed E-state index contributed by atoms with van der Waals surface area (Å²) >= 11 is 0. The zero-order valence-electron chi connectivity index (χ0n) is 31.5. The third kappa shape index (κ3) is 9.44. The Bertz CT molecular complexity index is 1680. The van der Waals surface area contributed by atoms with Gasteiger partial charge in [0, 0.05) is 29.4 Å². The van der Waals surface area contributed by atoms with Crippen LogP contribution in [0.2, 0.25) is 0 Å². The number of ketones is 3. The number of nitrogens with two attached hydrogens (primary N) is 2. The highest BCUT2D eigenvalue weighted by Crippen LogP contribution is 2.35. The standard InChI is InChI=1S/C42H57N3O7/c1-7-28-15-11-13-25(4)41(50)45(23-36(47)32-18-12-16-30-14-9-10-17-31(30)32)34-22-35(46)37(43)33(39(34)49)20-24(3)19-29(8-2)38(48)26(5)21-27(6)40(28)52-42(44)51/h9-18,24,26-29,33-34,37-38,40,48H,7-8,19-23,43H2,1-6H3,(H2,44,51)/b15-11-,25-13+/t24-,26-,27?,28-,29-,33?,34?,37?,38+,40-/m0/s1. The van der Waals surface area contributed by atoms with E-state index in [2.05, 4.69) is 0 Å². The number of ether oxygens (including phenoxy) is 1. The van der Waals surface area contributed by atoms with E-state index in [1.165, 1.54) is 4.90 Å². The molecule has 0 aromatic heterocycles. The number of carbonyl (C=O) groups is 5. The van der Waals surface area contributed by atoms with Crippen molar-refractivity contribution in [2.24, 2.45) is 47.0 Å². The highest BCUT2D eigenvalue weighted by atomic mass is 16.6. The first-order chi connectivity index (χ1) is 24.7. The Hall–Kier alpha value is -4.15. The van der Waals surface area contributed by atoms with Crippen LogP contribution in [0.4, 0.5) is 4.79 Å². The minimum Gasteiger partial charge on any atom is -0.445 e. The molecular weight excluding hydrogens is 658 g/mol. The van der Waals surface area contributed by atoms with E-state index in [1.807, 2.05) is 71.0 Å². The summed E-state index contributed by atoms with van der Waals surface area (Å²) in [6, 6.07) is 10.7. The predicted octanol–water partition coefficient (Wildman–Crippen LogP) is 6.18. The molecule has 10 nitrogen and oxygen atoms in total. The number of primary amides is 1. The molecule has 1 saturated carbocycles. The highest BCUT2D eigenvalue weighted by molar-refractivity contribution is 6.11. The number of allylic oxidation sites excluding steroid dienone is 2. The fourth-order valence-electron chi connectivity index (χ4n) is 8.43. The number of nitrogens with zero attached hydrogens (tertiary/aromatic N) is 1. The normalized spacial score (nSPS) is 33.0. The minimum atomic E-state index is -1.17. The number of fused-ring (bicyclic) bond motifs is 3. The maximum absolute atomic E-state index is 14.4. The average molecular weight is 716 g/mol. The molecule has 10 atom stereocenters. The molecule has 2 aliphatic rings. The second kappa shape index (κ2) is 18.1. The fourth-order valence-corrected chi connectivity index (χ4v) is 8.43. The van der Waals surface area contributed by atoms with Crippen LogP contribution in [0.5, 0.6) is 0 Å². The Morgan fingerprint density at radius 3 is 2.31 bits per heavy atom. The van der Waals surface area contributed by atoms with Crippen LogP contribution in [-0.4, -0.2) is 70.2 Å². The van der Waals surface area contributed by atoms with E-state index in [9.17, 15) is 29.1 Å². The largest absolute Gasteiger partial charge is 0.445 e. The Morgan fingerprint density at radius 2 is 1.63 bits per heavy atom. The van der Waals surface area contributed by atoms with E-state index in [0.29, 0.717) is 37.7 Å². The Labute approximate surface area is 308 Å². The van der Waals surface area contributed by atoms with E-state index in [1.54, 1.807) is 31.2 Å². The van der Waals surface area contributed by atoms with Crippen molar-refractivity contribution < 1.29 is 33.8 Å². The zero-order valence-corrected chi connectivity index (χ0v) is 31.5. The van der Waals surface area contributed by atoms with Gasteiger partial charge in [-0.05, 0) is 67.1 Å². The second-order valence-corrected chi connectivity index (χ2v) is 15.2. The number of rotatable bonds is 6. The molecule has 0 spiro atoms. The van der Waals surface area contributed by atoms with Gasteiger partial charge in [-0.3, -0.25) is 19.2 Å². The molecule has 2 aromatic rings. The van der Waals surface area contributed by atoms with Crippen LogP contribution in [0.15, 0.2) is 66.3 Å². The molecule has 0 radical (unpaired) electrons. The van der Waals surface area contributed by atoms with Gasteiger partial charge in [-0.25, -0.2) is 4.79 Å². The molecule has 2 bridgehead atoms. The van der Waals surface area contributed by atoms with E-state index in [-0.39, 0.29) is 58.9 Å². The van der Waals surface area contributed by atoms with Gasteiger partial charge in [0.15, 0.2) is 17.3 Å². The number of aliphatic hydroxyl groups excluding tert-OH is 1. The third-order valence-corrected chi connectivity index (χ3v) is 11.4. The molecule has 0 saturated heterocycles. The smallest absolute Gasteiger partial charge is 0.404 e. The summed E-state index contributed by atoms with van der Waals surface area (Å²) in [6.45, 7) is 11.2. The lowest BCUT2D eigenvalue weighted by Crippen LogP contribution is -2.59. The Morgan fingerprint density at radius 1 is 0.942 bits per heavy atom. The lowest BCUT2D eigenvalue weighted by atomic mass is 9.72. The topological polar surface area (TPSA) is 170 Å². The molecule has 4 rings (SSSR count). The summed E-state index contributed by atoms with van der Waals surface area (Å²) in [5.41, 5.74) is 12.6. The first-order valence-corrected chi connectivity index (χ1v) is 18.8. The lowest BCUT2D eigenvalue weighted by molar-refractivity contribution is -0.145. The first kappa shape index (κ1) is 40.6. The van der Waals surface area contributed by atoms with Crippen molar-refractivity contribution in [2.75, 3.05) is 6.54 Å². The number of benzene rings is 2. The second-order valence-electron chi connectivity index (χ2n) is 15.2. The number of amides is 2. The quantitative estimate of drug-likeness (QED) is 0.298. The Kier molecular flexibility index (Phi) is 14.1. The molecule has 282 valence electrons. The fraction of sp³-hybridized carbons (Fsp3) is 0.548.